The Morgan fingerprint density at radius 2 is 2.19 bits per heavy atom. The highest BCUT2D eigenvalue weighted by Gasteiger charge is 2.22. The van der Waals surface area contributed by atoms with E-state index in [1.165, 1.54) is 0 Å². The van der Waals surface area contributed by atoms with E-state index in [1.54, 1.807) is 11.3 Å². The van der Waals surface area contributed by atoms with Gasteiger partial charge in [0.25, 0.3) is 0 Å². The third-order valence-corrected chi connectivity index (χ3v) is 3.13. The number of aromatic nitrogens is 1. The molecule has 0 spiro atoms. The van der Waals surface area contributed by atoms with Crippen molar-refractivity contribution in [3.63, 3.8) is 0 Å². The van der Waals surface area contributed by atoms with E-state index >= 15 is 0 Å². The average molecular weight is 236 g/mol. The van der Waals surface area contributed by atoms with Gasteiger partial charge in [0, 0.05) is 11.3 Å². The first kappa shape index (κ1) is 11.2. The zero-order chi connectivity index (χ0) is 11.8. The van der Waals surface area contributed by atoms with E-state index in [-0.39, 0.29) is 5.41 Å². The molecule has 0 atom stereocenters. The number of rotatable bonds is 2. The van der Waals surface area contributed by atoms with Crippen LogP contribution in [-0.4, -0.2) is 5.16 Å². The number of hydrogen-bond acceptors (Lipinski definition) is 4. The molecule has 0 saturated carbocycles. The largest absolute Gasteiger partial charge is 0.380 e. The van der Waals surface area contributed by atoms with Gasteiger partial charge in [-0.2, -0.15) is 0 Å². The van der Waals surface area contributed by atoms with E-state index in [4.69, 9.17) is 10.3 Å². The maximum absolute atomic E-state index is 5.85. The summed E-state index contributed by atoms with van der Waals surface area (Å²) in [5.74, 6) is 1.37. The standard InChI is InChI=1S/C12H16N2OS/c1-12(2,3)7-8-10(11(13)14-15-8)9-5-4-6-16-9/h4-6H,7H2,1-3H3,(H2,13,14). The summed E-state index contributed by atoms with van der Waals surface area (Å²) in [6.45, 7) is 6.51. The molecule has 0 radical (unpaired) electrons. The molecule has 0 aliphatic heterocycles. The van der Waals surface area contributed by atoms with Crippen molar-refractivity contribution in [3.8, 4) is 10.4 Å². The molecule has 16 heavy (non-hydrogen) atoms. The SMILES string of the molecule is CC(C)(C)Cc1onc(N)c1-c1cccs1. The highest BCUT2D eigenvalue weighted by Crippen LogP contribution is 2.35. The van der Waals surface area contributed by atoms with Crippen molar-refractivity contribution in [1.29, 1.82) is 0 Å². The second kappa shape index (κ2) is 3.94. The molecule has 0 bridgehead atoms. The van der Waals surface area contributed by atoms with Crippen LogP contribution in [0, 0.1) is 5.41 Å². The molecule has 4 heteroatoms. The summed E-state index contributed by atoms with van der Waals surface area (Å²) in [5, 5.41) is 5.90. The van der Waals surface area contributed by atoms with Crippen LogP contribution in [0.1, 0.15) is 26.5 Å². The molecular weight excluding hydrogens is 220 g/mol. The van der Waals surface area contributed by atoms with Gasteiger partial charge in [0.2, 0.25) is 0 Å². The van der Waals surface area contributed by atoms with E-state index in [9.17, 15) is 0 Å². The van der Waals surface area contributed by atoms with E-state index in [0.29, 0.717) is 5.82 Å². The molecule has 0 aromatic carbocycles. The monoisotopic (exact) mass is 236 g/mol. The first-order valence-electron chi connectivity index (χ1n) is 5.25. The molecule has 2 heterocycles. The highest BCUT2D eigenvalue weighted by molar-refractivity contribution is 7.13. The zero-order valence-electron chi connectivity index (χ0n) is 9.78. The first-order valence-corrected chi connectivity index (χ1v) is 6.13. The average Bonchev–Trinajstić information content (AvgIpc) is 2.73. The van der Waals surface area contributed by atoms with E-state index < -0.39 is 0 Å². The Labute approximate surface area is 99.3 Å². The molecule has 2 rings (SSSR count). The molecule has 86 valence electrons. The summed E-state index contributed by atoms with van der Waals surface area (Å²) in [7, 11) is 0. The Morgan fingerprint density at radius 1 is 1.44 bits per heavy atom. The van der Waals surface area contributed by atoms with Gasteiger partial charge in [-0.25, -0.2) is 0 Å². The summed E-state index contributed by atoms with van der Waals surface area (Å²) >= 11 is 1.65. The zero-order valence-corrected chi connectivity index (χ0v) is 10.6. The number of anilines is 1. The maximum Gasteiger partial charge on any atom is 0.175 e. The molecule has 2 aromatic heterocycles. The van der Waals surface area contributed by atoms with Crippen LogP contribution in [0.5, 0.6) is 0 Å². The fraction of sp³-hybridized carbons (Fsp3) is 0.417. The van der Waals surface area contributed by atoms with Crippen LogP contribution < -0.4 is 5.73 Å². The van der Waals surface area contributed by atoms with Crippen molar-refractivity contribution in [1.82, 2.24) is 5.16 Å². The molecule has 0 fully saturated rings. The Hall–Kier alpha value is -1.29. The fourth-order valence-electron chi connectivity index (χ4n) is 1.63. The van der Waals surface area contributed by atoms with Gasteiger partial charge in [0.05, 0.1) is 5.56 Å². The molecule has 2 aromatic rings. The number of nitrogens with two attached hydrogens (primary N) is 1. The Balaban J connectivity index is 2.41. The molecule has 0 saturated heterocycles. The van der Waals surface area contributed by atoms with Gasteiger partial charge in [-0.05, 0) is 16.9 Å². The predicted octanol–water partition coefficient (Wildman–Crippen LogP) is 3.57. The van der Waals surface area contributed by atoms with Gasteiger partial charge in [-0.1, -0.05) is 32.0 Å². The van der Waals surface area contributed by atoms with Crippen LogP contribution in [0.4, 0.5) is 5.82 Å². The first-order chi connectivity index (χ1) is 7.47. The van der Waals surface area contributed by atoms with E-state index in [1.807, 2.05) is 17.5 Å². The Morgan fingerprint density at radius 3 is 2.75 bits per heavy atom. The number of thiophene rings is 1. The quantitative estimate of drug-likeness (QED) is 0.867. The topological polar surface area (TPSA) is 52.0 Å². The second-order valence-corrected chi connectivity index (χ2v) is 6.03. The third kappa shape index (κ3) is 2.27. The minimum absolute atomic E-state index is 0.165. The number of nitrogens with zero attached hydrogens (tertiary/aromatic N) is 1. The fourth-order valence-corrected chi connectivity index (χ4v) is 2.42. The Kier molecular flexibility index (Phi) is 2.76. The maximum atomic E-state index is 5.85. The smallest absolute Gasteiger partial charge is 0.175 e. The molecule has 0 aliphatic rings. The molecule has 0 unspecified atom stereocenters. The lowest BCUT2D eigenvalue weighted by Crippen LogP contribution is -2.09. The van der Waals surface area contributed by atoms with Gasteiger partial charge in [-0.15, -0.1) is 11.3 Å². The van der Waals surface area contributed by atoms with Crippen LogP contribution in [0.2, 0.25) is 0 Å². The van der Waals surface area contributed by atoms with Gasteiger partial charge in [0.1, 0.15) is 5.76 Å². The molecule has 2 N–H and O–H groups in total. The van der Waals surface area contributed by atoms with Gasteiger partial charge in [0.15, 0.2) is 5.82 Å². The number of hydrogen-bond donors (Lipinski definition) is 1. The van der Waals surface area contributed by atoms with Crippen LogP contribution in [0.25, 0.3) is 10.4 Å². The van der Waals surface area contributed by atoms with Crippen LogP contribution >= 0.6 is 11.3 Å². The lowest BCUT2D eigenvalue weighted by molar-refractivity contribution is 0.322. The highest BCUT2D eigenvalue weighted by atomic mass is 32.1. The van der Waals surface area contributed by atoms with Crippen molar-refractivity contribution < 1.29 is 4.52 Å². The Bertz CT molecular complexity index is 466. The lowest BCUT2D eigenvalue weighted by Gasteiger charge is -2.16. The summed E-state index contributed by atoms with van der Waals surface area (Å²) in [6, 6.07) is 4.05. The van der Waals surface area contributed by atoms with Gasteiger partial charge < -0.3 is 10.3 Å². The van der Waals surface area contributed by atoms with Gasteiger partial charge in [-0.3, -0.25) is 0 Å². The lowest BCUT2D eigenvalue weighted by atomic mass is 9.89. The minimum Gasteiger partial charge on any atom is -0.380 e. The van der Waals surface area contributed by atoms with Crippen molar-refractivity contribution in [3.05, 3.63) is 23.3 Å². The third-order valence-electron chi connectivity index (χ3n) is 2.25. The summed E-state index contributed by atoms with van der Waals surface area (Å²) < 4.78 is 5.33. The van der Waals surface area contributed by atoms with E-state index in [0.717, 1.165) is 22.6 Å². The normalized spacial score (nSPS) is 11.9. The molecular formula is C12H16N2OS. The van der Waals surface area contributed by atoms with Crippen molar-refractivity contribution in [2.24, 2.45) is 5.41 Å². The molecule has 3 nitrogen and oxygen atoms in total. The molecule has 0 aliphatic carbocycles. The van der Waals surface area contributed by atoms with Crippen molar-refractivity contribution in [2.45, 2.75) is 27.2 Å². The summed E-state index contributed by atoms with van der Waals surface area (Å²) in [6.07, 6.45) is 0.838. The predicted molar refractivity (Wildman–Crippen MR) is 67.4 cm³/mol. The summed E-state index contributed by atoms with van der Waals surface area (Å²) in [4.78, 5) is 1.12. The second-order valence-electron chi connectivity index (χ2n) is 5.08. The van der Waals surface area contributed by atoms with Crippen LogP contribution in [0.15, 0.2) is 22.0 Å². The van der Waals surface area contributed by atoms with Gasteiger partial charge >= 0.3 is 0 Å². The van der Waals surface area contributed by atoms with E-state index in [2.05, 4.69) is 25.9 Å². The molecule has 0 amide bonds. The minimum atomic E-state index is 0.165. The van der Waals surface area contributed by atoms with Crippen molar-refractivity contribution >= 4 is 17.2 Å². The van der Waals surface area contributed by atoms with Crippen LogP contribution in [0.3, 0.4) is 0 Å². The van der Waals surface area contributed by atoms with Crippen LogP contribution in [-0.2, 0) is 6.42 Å². The summed E-state index contributed by atoms with van der Waals surface area (Å²) in [5.41, 5.74) is 6.98. The van der Waals surface area contributed by atoms with Crippen molar-refractivity contribution in [2.75, 3.05) is 5.73 Å². The number of nitrogen functional groups attached to an aromatic ring is 1.